The highest BCUT2D eigenvalue weighted by Gasteiger charge is 1.99. The van der Waals surface area contributed by atoms with Gasteiger partial charge in [-0.2, -0.15) is 0 Å². The van der Waals surface area contributed by atoms with Gasteiger partial charge in [0.25, 0.3) is 0 Å². The number of carbonyl (C=O) groups is 1. The van der Waals surface area contributed by atoms with Gasteiger partial charge in [-0.25, -0.2) is 4.98 Å². The number of aromatic nitrogens is 1. The van der Waals surface area contributed by atoms with Crippen LogP contribution >= 0.6 is 12.4 Å². The van der Waals surface area contributed by atoms with Gasteiger partial charge in [0.2, 0.25) is 5.91 Å². The molecule has 0 spiro atoms. The molecule has 0 saturated carbocycles. The number of anilines is 3. The molecule has 1 aromatic carbocycles. The summed E-state index contributed by atoms with van der Waals surface area (Å²) in [5.41, 5.74) is 13.3. The maximum Gasteiger partial charge on any atom is 0.249 e. The molecule has 2 aromatic rings. The van der Waals surface area contributed by atoms with Crippen molar-refractivity contribution in [3.05, 3.63) is 54.2 Å². The Morgan fingerprint density at radius 2 is 2.00 bits per heavy atom. The average Bonchev–Trinajstić information content (AvgIpc) is 2.41. The summed E-state index contributed by atoms with van der Waals surface area (Å²) in [4.78, 5) is 15.7. The molecule has 0 bridgehead atoms. The third kappa shape index (κ3) is 4.29. The Morgan fingerprint density at radius 1 is 1.20 bits per heavy atom. The highest BCUT2D eigenvalue weighted by Crippen LogP contribution is 2.17. The van der Waals surface area contributed by atoms with Crippen molar-refractivity contribution in [3.63, 3.8) is 0 Å². The number of rotatable bonds is 3. The molecular formula is C14H15ClN4O. The van der Waals surface area contributed by atoms with Gasteiger partial charge in [0.1, 0.15) is 5.82 Å². The van der Waals surface area contributed by atoms with Crippen LogP contribution in [-0.2, 0) is 4.79 Å². The van der Waals surface area contributed by atoms with E-state index >= 15 is 0 Å². The first-order chi connectivity index (χ1) is 9.15. The van der Waals surface area contributed by atoms with E-state index in [-0.39, 0.29) is 18.3 Å². The van der Waals surface area contributed by atoms with E-state index in [0.717, 1.165) is 0 Å². The van der Waals surface area contributed by atoms with E-state index in [1.54, 1.807) is 48.7 Å². The second-order valence-corrected chi connectivity index (χ2v) is 3.93. The van der Waals surface area contributed by atoms with E-state index in [1.165, 1.54) is 6.08 Å². The molecule has 0 aliphatic heterocycles. The Balaban J connectivity index is 0.00000200. The van der Waals surface area contributed by atoms with E-state index < -0.39 is 0 Å². The van der Waals surface area contributed by atoms with Crippen molar-refractivity contribution < 1.29 is 4.79 Å². The molecule has 0 aliphatic rings. The highest BCUT2D eigenvalue weighted by molar-refractivity contribution is 6.01. The SMILES string of the molecule is Cl.Nc1ccc(N)c(C=CC(=O)Nc2ccccn2)c1. The first-order valence-electron chi connectivity index (χ1n) is 5.70. The minimum Gasteiger partial charge on any atom is -0.399 e. The fourth-order valence-corrected chi connectivity index (χ4v) is 1.51. The molecule has 1 heterocycles. The molecule has 5 N–H and O–H groups in total. The van der Waals surface area contributed by atoms with Crippen LogP contribution in [0, 0.1) is 0 Å². The quantitative estimate of drug-likeness (QED) is 0.597. The van der Waals surface area contributed by atoms with Gasteiger partial charge in [0.15, 0.2) is 0 Å². The number of amides is 1. The molecule has 0 radical (unpaired) electrons. The number of benzene rings is 1. The number of hydrogen-bond donors (Lipinski definition) is 3. The Hall–Kier alpha value is -2.53. The lowest BCUT2D eigenvalue weighted by atomic mass is 10.1. The Bertz CT molecular complexity index is 614. The normalized spacial score (nSPS) is 10.0. The van der Waals surface area contributed by atoms with E-state index in [4.69, 9.17) is 11.5 Å². The van der Waals surface area contributed by atoms with Crippen LogP contribution in [0.25, 0.3) is 6.08 Å². The summed E-state index contributed by atoms with van der Waals surface area (Å²) in [7, 11) is 0. The molecule has 1 amide bonds. The van der Waals surface area contributed by atoms with Crippen molar-refractivity contribution >= 4 is 41.6 Å². The van der Waals surface area contributed by atoms with E-state index in [9.17, 15) is 4.79 Å². The number of hydrogen-bond acceptors (Lipinski definition) is 4. The maximum absolute atomic E-state index is 11.7. The average molecular weight is 291 g/mol. The van der Waals surface area contributed by atoms with Gasteiger partial charge in [-0.3, -0.25) is 4.79 Å². The lowest BCUT2D eigenvalue weighted by Crippen LogP contribution is -2.08. The van der Waals surface area contributed by atoms with Crippen LogP contribution in [0.3, 0.4) is 0 Å². The van der Waals surface area contributed by atoms with Gasteiger partial charge in [-0.05, 0) is 42.0 Å². The first-order valence-corrected chi connectivity index (χ1v) is 5.70. The zero-order valence-corrected chi connectivity index (χ0v) is 11.4. The molecule has 5 nitrogen and oxygen atoms in total. The largest absolute Gasteiger partial charge is 0.399 e. The van der Waals surface area contributed by atoms with Crippen LogP contribution < -0.4 is 16.8 Å². The summed E-state index contributed by atoms with van der Waals surface area (Å²) in [5, 5.41) is 2.64. The molecule has 0 fully saturated rings. The van der Waals surface area contributed by atoms with Crippen molar-refractivity contribution in [1.29, 1.82) is 0 Å². The van der Waals surface area contributed by atoms with Crippen molar-refractivity contribution in [2.24, 2.45) is 0 Å². The number of nitrogens with two attached hydrogens (primary N) is 2. The molecule has 0 saturated heterocycles. The number of pyridine rings is 1. The van der Waals surface area contributed by atoms with Crippen LogP contribution in [-0.4, -0.2) is 10.9 Å². The minimum absolute atomic E-state index is 0. The summed E-state index contributed by atoms with van der Waals surface area (Å²) < 4.78 is 0. The molecule has 6 heteroatoms. The summed E-state index contributed by atoms with van der Waals surface area (Å²) >= 11 is 0. The van der Waals surface area contributed by atoms with Crippen LogP contribution in [0.1, 0.15) is 5.56 Å². The minimum atomic E-state index is -0.277. The summed E-state index contributed by atoms with van der Waals surface area (Å²) in [5.74, 6) is 0.221. The third-order valence-corrected chi connectivity index (χ3v) is 2.44. The predicted octanol–water partition coefficient (Wildman–Crippen LogP) is 2.32. The zero-order chi connectivity index (χ0) is 13.7. The van der Waals surface area contributed by atoms with Crippen LogP contribution in [0.5, 0.6) is 0 Å². The second kappa shape index (κ2) is 7.16. The summed E-state index contributed by atoms with van der Waals surface area (Å²) in [6.45, 7) is 0. The van der Waals surface area contributed by atoms with Crippen LogP contribution in [0.15, 0.2) is 48.7 Å². The van der Waals surface area contributed by atoms with Gasteiger partial charge in [0.05, 0.1) is 0 Å². The Kier molecular flexibility index (Phi) is 5.56. The number of nitrogen functional groups attached to an aromatic ring is 2. The van der Waals surface area contributed by atoms with Crippen LogP contribution in [0.4, 0.5) is 17.2 Å². The highest BCUT2D eigenvalue weighted by atomic mass is 35.5. The monoisotopic (exact) mass is 290 g/mol. The fraction of sp³-hybridized carbons (Fsp3) is 0. The molecule has 104 valence electrons. The predicted molar refractivity (Wildman–Crippen MR) is 84.4 cm³/mol. The Morgan fingerprint density at radius 3 is 2.70 bits per heavy atom. The fourth-order valence-electron chi connectivity index (χ4n) is 1.51. The molecule has 20 heavy (non-hydrogen) atoms. The number of nitrogens with zero attached hydrogens (tertiary/aromatic N) is 1. The third-order valence-electron chi connectivity index (χ3n) is 2.44. The number of nitrogens with one attached hydrogen (secondary N) is 1. The lowest BCUT2D eigenvalue weighted by Gasteiger charge is -2.02. The Labute approximate surface area is 123 Å². The van der Waals surface area contributed by atoms with E-state index in [1.807, 2.05) is 0 Å². The molecule has 1 aromatic heterocycles. The summed E-state index contributed by atoms with van der Waals surface area (Å²) in [6.07, 6.45) is 4.61. The standard InChI is InChI=1S/C14H14N4O.ClH/c15-11-5-6-12(16)10(9-11)4-7-14(19)18-13-3-1-2-8-17-13;/h1-9H,15-16H2,(H,17,18,19);1H. The molecule has 0 aliphatic carbocycles. The van der Waals surface area contributed by atoms with Gasteiger partial charge in [-0.1, -0.05) is 6.07 Å². The van der Waals surface area contributed by atoms with Crippen molar-refractivity contribution in [1.82, 2.24) is 4.98 Å². The van der Waals surface area contributed by atoms with Gasteiger partial charge in [-0.15, -0.1) is 12.4 Å². The summed E-state index contributed by atoms with van der Waals surface area (Å²) in [6, 6.07) is 10.4. The van der Waals surface area contributed by atoms with Crippen molar-refractivity contribution in [2.75, 3.05) is 16.8 Å². The number of halogens is 1. The van der Waals surface area contributed by atoms with Gasteiger partial charge < -0.3 is 16.8 Å². The van der Waals surface area contributed by atoms with Gasteiger partial charge in [0, 0.05) is 23.6 Å². The lowest BCUT2D eigenvalue weighted by molar-refractivity contribution is -0.111. The van der Waals surface area contributed by atoms with Crippen molar-refractivity contribution in [3.8, 4) is 0 Å². The molecular weight excluding hydrogens is 276 g/mol. The van der Waals surface area contributed by atoms with E-state index in [0.29, 0.717) is 22.8 Å². The topological polar surface area (TPSA) is 94.0 Å². The molecule has 2 rings (SSSR count). The van der Waals surface area contributed by atoms with E-state index in [2.05, 4.69) is 10.3 Å². The maximum atomic E-state index is 11.7. The smallest absolute Gasteiger partial charge is 0.249 e. The number of carbonyl (C=O) groups excluding carboxylic acids is 1. The molecule has 0 unspecified atom stereocenters. The van der Waals surface area contributed by atoms with Gasteiger partial charge >= 0.3 is 0 Å². The zero-order valence-electron chi connectivity index (χ0n) is 10.6. The van der Waals surface area contributed by atoms with Crippen LogP contribution in [0.2, 0.25) is 0 Å². The van der Waals surface area contributed by atoms with Crippen molar-refractivity contribution in [2.45, 2.75) is 0 Å². The molecule has 0 atom stereocenters. The second-order valence-electron chi connectivity index (χ2n) is 3.93. The first kappa shape index (κ1) is 15.5.